The van der Waals surface area contributed by atoms with Crippen LogP contribution in [0, 0.1) is 0 Å². The van der Waals surface area contributed by atoms with E-state index in [0.717, 1.165) is 57.6 Å². The lowest BCUT2D eigenvalue weighted by Gasteiger charge is -2.36. The summed E-state index contributed by atoms with van der Waals surface area (Å²) < 4.78 is 5.51. The molecule has 0 spiro atoms. The Morgan fingerprint density at radius 2 is 1.93 bits per heavy atom. The molecule has 0 aliphatic carbocycles. The van der Waals surface area contributed by atoms with E-state index in [0.29, 0.717) is 12.5 Å². The van der Waals surface area contributed by atoms with Gasteiger partial charge in [-0.1, -0.05) is 6.07 Å². The number of ether oxygens (including phenoxy) is 1. The van der Waals surface area contributed by atoms with Gasteiger partial charge < -0.3 is 20.3 Å². The lowest BCUT2D eigenvalue weighted by atomic mass is 10.2. The number of aromatic nitrogens is 1. The molecule has 28 heavy (non-hydrogen) atoms. The lowest BCUT2D eigenvalue weighted by Crippen LogP contribution is -2.51. The second kappa shape index (κ2) is 10.7. The highest BCUT2D eigenvalue weighted by Gasteiger charge is 2.24. The molecular weight excluding hydrogens is 507 g/mol. The van der Waals surface area contributed by atoms with E-state index in [1.54, 1.807) is 22.7 Å². The lowest BCUT2D eigenvalue weighted by molar-refractivity contribution is 0.0186. The Kier molecular flexibility index (Phi) is 8.33. The number of thiophene rings is 1. The SMILES string of the molecule is I.NC(=NCC(c1cccs1)N1CCOCC1)N1CCN(c2nccs2)CC1. The summed E-state index contributed by atoms with van der Waals surface area (Å²) in [6.45, 7) is 7.81. The predicted octanol–water partition coefficient (Wildman–Crippen LogP) is 2.33. The fourth-order valence-electron chi connectivity index (χ4n) is 3.53. The standard InChI is InChI=1S/C18H26N6OS2.HI/c19-17(23-4-6-24(7-5-23)18-20-3-13-27-18)21-14-15(16-2-1-12-26-16)22-8-10-25-11-9-22;/h1-3,12-13,15H,4-11,14H2,(H2,19,21);1H. The quantitative estimate of drug-likeness (QED) is 0.361. The number of guanidine groups is 1. The number of aliphatic imine (C=N–C) groups is 1. The molecule has 2 aromatic heterocycles. The summed E-state index contributed by atoms with van der Waals surface area (Å²) in [5, 5.41) is 5.25. The van der Waals surface area contributed by atoms with E-state index < -0.39 is 0 Å². The summed E-state index contributed by atoms with van der Waals surface area (Å²) in [5.41, 5.74) is 6.35. The van der Waals surface area contributed by atoms with Crippen LogP contribution in [0.25, 0.3) is 0 Å². The summed E-state index contributed by atoms with van der Waals surface area (Å²) in [4.78, 5) is 17.5. The van der Waals surface area contributed by atoms with Crippen molar-refractivity contribution < 1.29 is 4.74 Å². The summed E-state index contributed by atoms with van der Waals surface area (Å²) in [6, 6.07) is 4.59. The van der Waals surface area contributed by atoms with Gasteiger partial charge in [-0.3, -0.25) is 9.89 Å². The molecule has 2 aromatic rings. The minimum atomic E-state index is 0. The van der Waals surface area contributed by atoms with Gasteiger partial charge in [-0.2, -0.15) is 0 Å². The van der Waals surface area contributed by atoms with Gasteiger partial charge in [-0.05, 0) is 11.4 Å². The van der Waals surface area contributed by atoms with E-state index >= 15 is 0 Å². The maximum absolute atomic E-state index is 6.35. The Bertz CT molecular complexity index is 713. The maximum atomic E-state index is 6.35. The maximum Gasteiger partial charge on any atom is 0.191 e. The minimum Gasteiger partial charge on any atom is -0.379 e. The van der Waals surface area contributed by atoms with Crippen molar-refractivity contribution >= 4 is 57.7 Å². The van der Waals surface area contributed by atoms with Gasteiger partial charge in [0.05, 0.1) is 25.8 Å². The number of anilines is 1. The van der Waals surface area contributed by atoms with Crippen molar-refractivity contribution in [3.05, 3.63) is 34.0 Å². The van der Waals surface area contributed by atoms with Crippen LogP contribution in [0.15, 0.2) is 34.1 Å². The number of halogens is 1. The zero-order valence-electron chi connectivity index (χ0n) is 15.8. The molecule has 2 saturated heterocycles. The molecule has 4 heterocycles. The summed E-state index contributed by atoms with van der Waals surface area (Å²) in [5.74, 6) is 0.656. The average molecular weight is 534 g/mol. The first kappa shape index (κ1) is 21.8. The van der Waals surface area contributed by atoms with Crippen LogP contribution in [0.3, 0.4) is 0 Å². The zero-order valence-corrected chi connectivity index (χ0v) is 19.7. The molecule has 1 unspecified atom stereocenters. The van der Waals surface area contributed by atoms with Crippen LogP contribution in [0.5, 0.6) is 0 Å². The van der Waals surface area contributed by atoms with E-state index in [1.807, 2.05) is 11.6 Å². The highest BCUT2D eigenvalue weighted by molar-refractivity contribution is 14.0. The Labute approximate surface area is 191 Å². The molecule has 154 valence electrons. The molecule has 2 N–H and O–H groups in total. The van der Waals surface area contributed by atoms with Gasteiger partial charge in [0.15, 0.2) is 11.1 Å². The zero-order chi connectivity index (χ0) is 18.5. The van der Waals surface area contributed by atoms with Crippen LogP contribution < -0.4 is 10.6 Å². The fraction of sp³-hybridized carbons (Fsp3) is 0.556. The third-order valence-electron chi connectivity index (χ3n) is 5.08. The first-order valence-corrected chi connectivity index (χ1v) is 11.1. The molecule has 10 heteroatoms. The molecule has 7 nitrogen and oxygen atoms in total. The molecule has 4 rings (SSSR count). The number of hydrogen-bond donors (Lipinski definition) is 1. The van der Waals surface area contributed by atoms with Crippen molar-refractivity contribution in [2.75, 3.05) is 63.9 Å². The molecular formula is C18H27IN6OS2. The smallest absolute Gasteiger partial charge is 0.191 e. The fourth-order valence-corrected chi connectivity index (χ4v) is 5.08. The number of nitrogens with zero attached hydrogens (tertiary/aromatic N) is 5. The van der Waals surface area contributed by atoms with Crippen LogP contribution in [0.4, 0.5) is 5.13 Å². The molecule has 0 amide bonds. The number of nitrogens with two attached hydrogens (primary N) is 1. The summed E-state index contributed by atoms with van der Waals surface area (Å²) in [7, 11) is 0. The largest absolute Gasteiger partial charge is 0.379 e. The minimum absolute atomic E-state index is 0. The van der Waals surface area contributed by atoms with Gasteiger partial charge in [0.1, 0.15) is 0 Å². The Morgan fingerprint density at radius 3 is 2.57 bits per heavy atom. The van der Waals surface area contributed by atoms with Crippen molar-refractivity contribution in [3.8, 4) is 0 Å². The normalized spacial score (nSPS) is 20.1. The Hall–Kier alpha value is -0.950. The Morgan fingerprint density at radius 1 is 1.14 bits per heavy atom. The van der Waals surface area contributed by atoms with Crippen LogP contribution in [-0.4, -0.2) is 79.8 Å². The van der Waals surface area contributed by atoms with Gasteiger partial charge in [-0.25, -0.2) is 4.98 Å². The second-order valence-electron chi connectivity index (χ2n) is 6.67. The summed E-state index contributed by atoms with van der Waals surface area (Å²) in [6.07, 6.45) is 1.86. The molecule has 0 radical (unpaired) electrons. The third-order valence-corrected chi connectivity index (χ3v) is 6.88. The topological polar surface area (TPSA) is 70.2 Å². The van der Waals surface area contributed by atoms with Crippen molar-refractivity contribution in [3.63, 3.8) is 0 Å². The molecule has 0 bridgehead atoms. The highest BCUT2D eigenvalue weighted by Crippen LogP contribution is 2.26. The monoisotopic (exact) mass is 534 g/mol. The number of hydrogen-bond acceptors (Lipinski definition) is 7. The molecule has 1 atom stereocenters. The molecule has 0 aromatic carbocycles. The van der Waals surface area contributed by atoms with E-state index in [-0.39, 0.29) is 30.0 Å². The van der Waals surface area contributed by atoms with Crippen LogP contribution in [-0.2, 0) is 4.74 Å². The number of piperazine rings is 1. The average Bonchev–Trinajstić information content (AvgIpc) is 3.43. The number of rotatable bonds is 5. The number of thiazole rings is 1. The predicted molar refractivity (Wildman–Crippen MR) is 127 cm³/mol. The van der Waals surface area contributed by atoms with Crippen molar-refractivity contribution in [2.45, 2.75) is 6.04 Å². The second-order valence-corrected chi connectivity index (χ2v) is 8.52. The highest BCUT2D eigenvalue weighted by atomic mass is 127. The first-order valence-electron chi connectivity index (χ1n) is 9.36. The third kappa shape index (κ3) is 5.35. The number of morpholine rings is 1. The molecule has 2 fully saturated rings. The van der Waals surface area contributed by atoms with Gasteiger partial charge >= 0.3 is 0 Å². The van der Waals surface area contributed by atoms with Gasteiger partial charge in [0, 0.05) is 55.7 Å². The van der Waals surface area contributed by atoms with Crippen molar-refractivity contribution in [2.24, 2.45) is 10.7 Å². The molecule has 2 aliphatic heterocycles. The molecule has 0 saturated carbocycles. The van der Waals surface area contributed by atoms with Crippen molar-refractivity contribution in [1.82, 2.24) is 14.8 Å². The first-order chi connectivity index (χ1) is 13.3. The van der Waals surface area contributed by atoms with Gasteiger partial charge in [-0.15, -0.1) is 46.7 Å². The van der Waals surface area contributed by atoms with Gasteiger partial charge in [0.2, 0.25) is 0 Å². The van der Waals surface area contributed by atoms with E-state index in [4.69, 9.17) is 15.5 Å². The van der Waals surface area contributed by atoms with Crippen LogP contribution >= 0.6 is 46.7 Å². The van der Waals surface area contributed by atoms with Crippen molar-refractivity contribution in [1.29, 1.82) is 0 Å². The van der Waals surface area contributed by atoms with Gasteiger partial charge in [0.25, 0.3) is 0 Å². The van der Waals surface area contributed by atoms with E-state index in [1.165, 1.54) is 4.88 Å². The molecule has 2 aliphatic rings. The Balaban J connectivity index is 0.00000225. The van der Waals surface area contributed by atoms with Crippen LogP contribution in [0.1, 0.15) is 10.9 Å². The van der Waals surface area contributed by atoms with E-state index in [2.05, 4.69) is 37.2 Å². The summed E-state index contributed by atoms with van der Waals surface area (Å²) >= 11 is 3.48. The van der Waals surface area contributed by atoms with Crippen LogP contribution in [0.2, 0.25) is 0 Å². The van der Waals surface area contributed by atoms with E-state index in [9.17, 15) is 0 Å².